The summed E-state index contributed by atoms with van der Waals surface area (Å²) in [4.78, 5) is 18.5. The summed E-state index contributed by atoms with van der Waals surface area (Å²) in [5.74, 6) is 0.938. The lowest BCUT2D eigenvalue weighted by Gasteiger charge is -2.44. The second-order valence-electron chi connectivity index (χ2n) is 10.7. The third-order valence-corrected chi connectivity index (χ3v) is 7.75. The minimum Gasteiger partial charge on any atom is -0.507 e. The van der Waals surface area contributed by atoms with Gasteiger partial charge in [-0.25, -0.2) is 4.98 Å². The molecule has 0 spiro atoms. The fraction of sp³-hybridized carbons (Fsp3) is 0.462. The number of nitrogens with zero attached hydrogens (tertiary/aromatic N) is 5. The summed E-state index contributed by atoms with van der Waals surface area (Å²) in [7, 11) is 3.77. The lowest BCUT2D eigenvalue weighted by Crippen LogP contribution is -2.42. The molecule has 7 heteroatoms. The highest BCUT2D eigenvalue weighted by Crippen LogP contribution is 2.58. The Morgan fingerprint density at radius 1 is 1.03 bits per heavy atom. The van der Waals surface area contributed by atoms with E-state index >= 15 is 0 Å². The van der Waals surface area contributed by atoms with Gasteiger partial charge >= 0.3 is 0 Å². The van der Waals surface area contributed by atoms with Crippen molar-refractivity contribution in [1.82, 2.24) is 19.7 Å². The summed E-state index contributed by atoms with van der Waals surface area (Å²) in [6, 6.07) is 11.0. The molecule has 1 unspecified atom stereocenters. The van der Waals surface area contributed by atoms with Gasteiger partial charge in [-0.05, 0) is 67.2 Å². The van der Waals surface area contributed by atoms with E-state index in [0.29, 0.717) is 39.4 Å². The Bertz CT molecular complexity index is 1240. The molecule has 0 radical (unpaired) electrons. The maximum absolute atomic E-state index is 11.9. The smallest absolute Gasteiger partial charge is 0.253 e. The molecule has 2 saturated carbocycles. The molecule has 3 aromatic rings. The largest absolute Gasteiger partial charge is 0.507 e. The van der Waals surface area contributed by atoms with Crippen LogP contribution >= 0.6 is 0 Å². The van der Waals surface area contributed by atoms with E-state index in [4.69, 9.17) is 0 Å². The summed E-state index contributed by atoms with van der Waals surface area (Å²) in [6.45, 7) is 4.87. The van der Waals surface area contributed by atoms with Gasteiger partial charge in [0.1, 0.15) is 5.75 Å². The minimum atomic E-state index is -0.150. The number of aryl methyl sites for hydroxylation is 1. The lowest BCUT2D eigenvalue weighted by atomic mass is 9.68. The van der Waals surface area contributed by atoms with Gasteiger partial charge < -0.3 is 14.6 Å². The molecular weight excluding hydrogens is 414 g/mol. The van der Waals surface area contributed by atoms with Crippen LogP contribution in [0.5, 0.6) is 5.75 Å². The highest BCUT2D eigenvalue weighted by atomic mass is 16.3. The van der Waals surface area contributed by atoms with Crippen LogP contribution < -0.4 is 10.5 Å². The number of hydrogen-bond acceptors (Lipinski definition) is 6. The van der Waals surface area contributed by atoms with Crippen molar-refractivity contribution < 1.29 is 5.11 Å². The summed E-state index contributed by atoms with van der Waals surface area (Å²) in [6.07, 6.45) is 7.84. The van der Waals surface area contributed by atoms with Crippen molar-refractivity contribution in [2.45, 2.75) is 52.0 Å². The van der Waals surface area contributed by atoms with Crippen molar-refractivity contribution in [2.75, 3.05) is 11.9 Å². The zero-order valence-corrected chi connectivity index (χ0v) is 19.7. The molecule has 2 aromatic heterocycles. The van der Waals surface area contributed by atoms with E-state index in [1.165, 1.54) is 49.1 Å². The van der Waals surface area contributed by atoms with E-state index in [1.54, 1.807) is 19.2 Å². The molecule has 2 bridgehead atoms. The Hall–Kier alpha value is -3.22. The number of phenolic OH excluding ortho intramolecular Hbond substituents is 1. The van der Waals surface area contributed by atoms with Crippen LogP contribution in [-0.2, 0) is 7.05 Å². The minimum absolute atomic E-state index is 0.0788. The first-order valence-electron chi connectivity index (χ1n) is 11.6. The summed E-state index contributed by atoms with van der Waals surface area (Å²) >= 11 is 0. The lowest BCUT2D eigenvalue weighted by molar-refractivity contribution is 0.148. The highest BCUT2D eigenvalue weighted by molar-refractivity contribution is 5.73. The Balaban J connectivity index is 1.36. The molecule has 1 aromatic carbocycles. The van der Waals surface area contributed by atoms with Gasteiger partial charge in [-0.15, -0.1) is 10.2 Å². The predicted molar refractivity (Wildman–Crippen MR) is 129 cm³/mol. The van der Waals surface area contributed by atoms with Gasteiger partial charge in [0.2, 0.25) is 0 Å². The Morgan fingerprint density at radius 2 is 1.76 bits per heavy atom. The number of aromatic nitrogens is 4. The molecule has 2 aliphatic rings. The second-order valence-corrected chi connectivity index (χ2v) is 10.7. The molecule has 2 fully saturated rings. The van der Waals surface area contributed by atoms with Crippen LogP contribution in [0.1, 0.15) is 46.0 Å². The van der Waals surface area contributed by atoms with Crippen molar-refractivity contribution in [3.63, 3.8) is 0 Å². The van der Waals surface area contributed by atoms with Crippen LogP contribution in [0.3, 0.4) is 0 Å². The third-order valence-electron chi connectivity index (χ3n) is 7.75. The normalized spacial score (nSPS) is 26.4. The van der Waals surface area contributed by atoms with Crippen LogP contribution in [0, 0.1) is 10.8 Å². The van der Waals surface area contributed by atoms with Crippen LogP contribution in [0.2, 0.25) is 0 Å². The average molecular weight is 446 g/mol. The molecule has 2 heterocycles. The molecule has 0 aliphatic heterocycles. The molecule has 0 saturated heterocycles. The Morgan fingerprint density at radius 3 is 2.36 bits per heavy atom. The highest BCUT2D eigenvalue weighted by Gasteiger charge is 2.49. The fourth-order valence-electron chi connectivity index (χ4n) is 6.01. The Labute approximate surface area is 194 Å². The SMILES string of the molecule is CN(c1ccc(-c2ccc(-c3cc(=O)n(C)cn3)cc2O)nn1)C1C[C@]2(C)CC[C@](C)(C1)C2. The Kier molecular flexibility index (Phi) is 5.03. The van der Waals surface area contributed by atoms with E-state index in [2.05, 4.69) is 41.0 Å². The molecule has 172 valence electrons. The predicted octanol–water partition coefficient (Wildman–Crippen LogP) is 4.41. The third kappa shape index (κ3) is 4.01. The topological polar surface area (TPSA) is 84.1 Å². The van der Waals surface area contributed by atoms with E-state index < -0.39 is 0 Å². The first kappa shape index (κ1) is 21.6. The van der Waals surface area contributed by atoms with Crippen molar-refractivity contribution >= 4 is 5.82 Å². The standard InChI is InChI=1S/C26H31N5O2/c1-25-9-10-26(2,15-25)14-18(13-25)31(4)23-8-7-20(28-29-23)19-6-5-17(11-22(19)32)21-12-24(33)30(3)16-27-21/h5-8,11-12,16,18,32H,9-10,13-15H2,1-4H3/t18?,25-,26+. The number of fused-ring (bicyclic) bond motifs is 2. The molecule has 7 nitrogen and oxygen atoms in total. The maximum Gasteiger partial charge on any atom is 0.253 e. The number of aromatic hydroxyl groups is 1. The molecule has 1 N–H and O–H groups in total. The van der Waals surface area contributed by atoms with Crippen LogP contribution in [-0.4, -0.2) is 37.9 Å². The van der Waals surface area contributed by atoms with E-state index in [-0.39, 0.29) is 11.3 Å². The molecule has 3 atom stereocenters. The van der Waals surface area contributed by atoms with Crippen LogP contribution in [0.25, 0.3) is 22.5 Å². The number of benzene rings is 1. The maximum atomic E-state index is 11.9. The van der Waals surface area contributed by atoms with Crippen LogP contribution in [0.15, 0.2) is 47.5 Å². The van der Waals surface area contributed by atoms with Crippen LogP contribution in [0.4, 0.5) is 5.82 Å². The van der Waals surface area contributed by atoms with Crippen molar-refractivity contribution in [1.29, 1.82) is 0 Å². The average Bonchev–Trinajstić information content (AvgIpc) is 3.01. The van der Waals surface area contributed by atoms with E-state index in [1.807, 2.05) is 18.2 Å². The van der Waals surface area contributed by atoms with Crippen molar-refractivity contribution in [3.8, 4) is 28.3 Å². The summed E-state index contributed by atoms with van der Waals surface area (Å²) in [5.41, 5.74) is 3.12. The molecule has 33 heavy (non-hydrogen) atoms. The van der Waals surface area contributed by atoms with Crippen molar-refractivity contribution in [2.24, 2.45) is 17.9 Å². The van der Waals surface area contributed by atoms with Gasteiger partial charge in [-0.1, -0.05) is 19.9 Å². The second kappa shape index (κ2) is 7.68. The molecule has 2 aliphatic carbocycles. The van der Waals surface area contributed by atoms with Gasteiger partial charge in [-0.3, -0.25) is 4.79 Å². The van der Waals surface area contributed by atoms with Crippen molar-refractivity contribution in [3.05, 3.63) is 53.1 Å². The number of hydrogen-bond donors (Lipinski definition) is 1. The number of anilines is 1. The first-order valence-corrected chi connectivity index (χ1v) is 11.6. The van der Waals surface area contributed by atoms with Gasteiger partial charge in [0.25, 0.3) is 5.56 Å². The molecule has 5 rings (SSSR count). The van der Waals surface area contributed by atoms with Gasteiger partial charge in [0.15, 0.2) is 5.82 Å². The number of rotatable bonds is 4. The first-order chi connectivity index (χ1) is 15.6. The van der Waals surface area contributed by atoms with Gasteiger partial charge in [0.05, 0.1) is 17.7 Å². The zero-order valence-electron chi connectivity index (χ0n) is 19.7. The zero-order chi connectivity index (χ0) is 23.4. The fourth-order valence-corrected chi connectivity index (χ4v) is 6.01. The molecule has 0 amide bonds. The number of phenols is 1. The van der Waals surface area contributed by atoms with E-state index in [0.717, 1.165) is 5.82 Å². The van der Waals surface area contributed by atoms with Gasteiger partial charge in [0, 0.05) is 37.3 Å². The van der Waals surface area contributed by atoms with E-state index in [9.17, 15) is 9.90 Å². The summed E-state index contributed by atoms with van der Waals surface area (Å²) < 4.78 is 1.41. The molecular formula is C26H31N5O2. The summed E-state index contributed by atoms with van der Waals surface area (Å²) in [5, 5.41) is 19.6. The quantitative estimate of drug-likeness (QED) is 0.641. The monoisotopic (exact) mass is 445 g/mol. The van der Waals surface area contributed by atoms with Gasteiger partial charge in [-0.2, -0.15) is 0 Å².